The van der Waals surface area contributed by atoms with Crippen LogP contribution in [0, 0.1) is 0 Å². The van der Waals surface area contributed by atoms with Crippen LogP contribution in [0.5, 0.6) is 0 Å². The number of hydrogen-bond donors (Lipinski definition) is 4. The van der Waals surface area contributed by atoms with E-state index in [4.69, 9.17) is 0 Å². The summed E-state index contributed by atoms with van der Waals surface area (Å²) in [6, 6.07) is -0.157. The lowest BCUT2D eigenvalue weighted by Gasteiger charge is -1.91. The molecule has 0 aliphatic rings. The maximum atomic E-state index is 9.96. The largest absolute Gasteiger partial charge is 0.341 e. The highest BCUT2D eigenvalue weighted by atomic mass is 16.2. The number of nitrogens with one attached hydrogen (secondary N) is 2. The van der Waals surface area contributed by atoms with Gasteiger partial charge in [0.15, 0.2) is 0 Å². The maximum absolute atomic E-state index is 9.96. The minimum Gasteiger partial charge on any atom is -0.341 e. The summed E-state index contributed by atoms with van der Waals surface area (Å²) in [6.07, 6.45) is 0. The maximum Gasteiger partial charge on any atom is 0.314 e. The van der Waals surface area contributed by atoms with Gasteiger partial charge < -0.3 is 10.6 Å². The Morgan fingerprint density at radius 2 is 1.50 bits per heavy atom. The van der Waals surface area contributed by atoms with Gasteiger partial charge in [0.1, 0.15) is 0 Å². The summed E-state index contributed by atoms with van der Waals surface area (Å²) in [7, 11) is 3.14. The second-order valence-corrected chi connectivity index (χ2v) is 0.829. The van der Waals surface area contributed by atoms with E-state index in [1.807, 2.05) is 0 Å². The molecule has 0 saturated heterocycles. The molecule has 2 amide bonds. The van der Waals surface area contributed by atoms with Gasteiger partial charge in [-0.15, -0.1) is 0 Å². The van der Waals surface area contributed by atoms with E-state index >= 15 is 0 Å². The van der Waals surface area contributed by atoms with Crippen molar-refractivity contribution < 1.29 is 4.79 Å². The van der Waals surface area contributed by atoms with Gasteiger partial charge in [-0.25, -0.2) is 4.79 Å². The fourth-order valence-corrected chi connectivity index (χ4v) is 0.125. The van der Waals surface area contributed by atoms with Gasteiger partial charge in [0, 0.05) is 14.1 Å². The molecule has 6 N–H and O–H groups in total. The monoisotopic (exact) mass is 120 g/mol. The van der Waals surface area contributed by atoms with Crippen LogP contribution in [-0.4, -0.2) is 20.1 Å². The van der Waals surface area contributed by atoms with Crippen LogP contribution in [0.3, 0.4) is 0 Å². The van der Waals surface area contributed by atoms with E-state index in [2.05, 4.69) is 22.3 Å². The number of amides is 2. The molecule has 0 rings (SSSR count). The molecule has 0 fully saturated rings. The van der Waals surface area contributed by atoms with Crippen molar-refractivity contribution in [2.45, 2.75) is 0 Å². The predicted molar refractivity (Wildman–Crippen MR) is 31.9 cm³/mol. The number of urea groups is 1. The highest BCUT2D eigenvalue weighted by molar-refractivity contribution is 5.72. The number of carbonyl (C=O) groups is 1. The van der Waals surface area contributed by atoms with Crippen molar-refractivity contribution in [3.8, 4) is 0 Å². The molecule has 0 radical (unpaired) electrons. The SMILES string of the molecule is CNC(=O)NC.NN. The van der Waals surface area contributed by atoms with Gasteiger partial charge in [0.2, 0.25) is 0 Å². The van der Waals surface area contributed by atoms with E-state index in [0.29, 0.717) is 0 Å². The second-order valence-electron chi connectivity index (χ2n) is 0.829. The Balaban J connectivity index is 0. The molecule has 0 aliphatic carbocycles. The molecule has 0 aromatic rings. The summed E-state index contributed by atoms with van der Waals surface area (Å²) in [5, 5.41) is 4.73. The van der Waals surface area contributed by atoms with Crippen molar-refractivity contribution in [1.82, 2.24) is 10.6 Å². The normalized spacial score (nSPS) is 6.00. The van der Waals surface area contributed by atoms with E-state index in [9.17, 15) is 4.79 Å². The highest BCUT2D eigenvalue weighted by Crippen LogP contribution is 1.48. The van der Waals surface area contributed by atoms with Crippen LogP contribution in [0.1, 0.15) is 0 Å². The van der Waals surface area contributed by atoms with E-state index in [-0.39, 0.29) is 6.03 Å². The number of carbonyl (C=O) groups excluding carboxylic acids is 1. The second kappa shape index (κ2) is 9.50. The number of hydrogen-bond acceptors (Lipinski definition) is 3. The minimum atomic E-state index is -0.157. The molecule has 0 bridgehead atoms. The molecule has 0 atom stereocenters. The Morgan fingerprint density at radius 3 is 1.50 bits per heavy atom. The first-order chi connectivity index (χ1) is 3.81. The summed E-state index contributed by atoms with van der Waals surface area (Å²) in [5.74, 6) is 8.00. The molecular weight excluding hydrogens is 108 g/mol. The van der Waals surface area contributed by atoms with Crippen molar-refractivity contribution in [3.05, 3.63) is 0 Å². The van der Waals surface area contributed by atoms with Crippen LogP contribution in [-0.2, 0) is 0 Å². The number of hydrazine groups is 1. The molecular formula is C3H12N4O. The molecule has 0 aromatic carbocycles. The van der Waals surface area contributed by atoms with Gasteiger partial charge in [-0.05, 0) is 0 Å². The molecule has 5 heteroatoms. The van der Waals surface area contributed by atoms with Gasteiger partial charge in [0.05, 0.1) is 0 Å². The number of nitrogens with two attached hydrogens (primary N) is 2. The van der Waals surface area contributed by atoms with Crippen molar-refractivity contribution in [1.29, 1.82) is 0 Å². The quantitative estimate of drug-likeness (QED) is 0.228. The topological polar surface area (TPSA) is 93.2 Å². The van der Waals surface area contributed by atoms with Crippen LogP contribution >= 0.6 is 0 Å². The van der Waals surface area contributed by atoms with E-state index in [1.54, 1.807) is 14.1 Å². The Kier molecular flexibility index (Phi) is 12.1. The molecule has 0 heterocycles. The van der Waals surface area contributed by atoms with Gasteiger partial charge in [-0.2, -0.15) is 0 Å². The first kappa shape index (κ1) is 10.2. The van der Waals surface area contributed by atoms with Gasteiger partial charge in [-0.1, -0.05) is 0 Å². The van der Waals surface area contributed by atoms with Crippen LogP contribution in [0.15, 0.2) is 0 Å². The first-order valence-electron chi connectivity index (χ1n) is 2.04. The fourth-order valence-electron chi connectivity index (χ4n) is 0.125. The molecule has 0 unspecified atom stereocenters. The molecule has 0 aliphatic heterocycles. The average Bonchev–Trinajstić information content (AvgIpc) is 1.91. The Bertz CT molecular complexity index is 49.2. The number of rotatable bonds is 0. The van der Waals surface area contributed by atoms with E-state index in [1.165, 1.54) is 0 Å². The lowest BCUT2D eigenvalue weighted by molar-refractivity contribution is 0.245. The van der Waals surface area contributed by atoms with E-state index in [0.717, 1.165) is 0 Å². The molecule has 5 nitrogen and oxygen atoms in total. The van der Waals surface area contributed by atoms with Crippen LogP contribution < -0.4 is 22.3 Å². The zero-order valence-electron chi connectivity index (χ0n) is 5.06. The fraction of sp³-hybridized carbons (Fsp3) is 0.667. The summed E-state index contributed by atoms with van der Waals surface area (Å²) in [4.78, 5) is 9.96. The third-order valence-corrected chi connectivity index (χ3v) is 0.454. The molecule has 0 spiro atoms. The van der Waals surface area contributed by atoms with Crippen molar-refractivity contribution in [2.75, 3.05) is 14.1 Å². The summed E-state index contributed by atoms with van der Waals surface area (Å²) in [5.41, 5.74) is 0. The zero-order valence-corrected chi connectivity index (χ0v) is 5.06. The standard InChI is InChI=1S/C3H8N2O.H4N2/c1-4-3(6)5-2;1-2/h1-2H3,(H2,4,5,6);1-2H2. The van der Waals surface area contributed by atoms with Gasteiger partial charge in [-0.3, -0.25) is 11.7 Å². The van der Waals surface area contributed by atoms with Gasteiger partial charge >= 0.3 is 6.03 Å². The molecule has 8 heavy (non-hydrogen) atoms. The third kappa shape index (κ3) is 8.95. The predicted octanol–water partition coefficient (Wildman–Crippen LogP) is -1.64. The first-order valence-corrected chi connectivity index (χ1v) is 2.04. The van der Waals surface area contributed by atoms with Crippen LogP contribution in [0.4, 0.5) is 4.79 Å². The highest BCUT2D eigenvalue weighted by Gasteiger charge is 1.81. The van der Waals surface area contributed by atoms with Crippen LogP contribution in [0.25, 0.3) is 0 Å². The Labute approximate surface area is 48.4 Å². The lowest BCUT2D eigenvalue weighted by atomic mass is 11.0. The summed E-state index contributed by atoms with van der Waals surface area (Å²) < 4.78 is 0. The summed E-state index contributed by atoms with van der Waals surface area (Å²) >= 11 is 0. The minimum absolute atomic E-state index is 0.157. The molecule has 0 saturated carbocycles. The Morgan fingerprint density at radius 1 is 1.25 bits per heavy atom. The van der Waals surface area contributed by atoms with Crippen molar-refractivity contribution >= 4 is 6.03 Å². The molecule has 50 valence electrons. The lowest BCUT2D eigenvalue weighted by Crippen LogP contribution is -2.28. The smallest absolute Gasteiger partial charge is 0.314 e. The average molecular weight is 120 g/mol. The van der Waals surface area contributed by atoms with Crippen molar-refractivity contribution in [3.63, 3.8) is 0 Å². The third-order valence-electron chi connectivity index (χ3n) is 0.454. The van der Waals surface area contributed by atoms with Crippen LogP contribution in [0.2, 0.25) is 0 Å². The van der Waals surface area contributed by atoms with E-state index < -0.39 is 0 Å². The Hall–Kier alpha value is -0.810. The zero-order chi connectivity index (χ0) is 6.99. The summed E-state index contributed by atoms with van der Waals surface area (Å²) in [6.45, 7) is 0. The molecule has 0 aromatic heterocycles. The van der Waals surface area contributed by atoms with Crippen molar-refractivity contribution in [2.24, 2.45) is 11.7 Å². The van der Waals surface area contributed by atoms with Gasteiger partial charge in [0.25, 0.3) is 0 Å².